The van der Waals surface area contributed by atoms with E-state index in [1.54, 1.807) is 4.90 Å². The van der Waals surface area contributed by atoms with Crippen molar-refractivity contribution in [2.45, 2.75) is 39.0 Å². The molecule has 20 heavy (non-hydrogen) atoms. The second-order valence-electron chi connectivity index (χ2n) is 5.02. The van der Waals surface area contributed by atoms with Crippen LogP contribution in [0.1, 0.15) is 37.9 Å². The minimum Gasteiger partial charge on any atom is -0.481 e. The first-order valence-corrected chi connectivity index (χ1v) is 6.92. The van der Waals surface area contributed by atoms with E-state index in [0.29, 0.717) is 37.6 Å². The van der Waals surface area contributed by atoms with Gasteiger partial charge in [0.05, 0.1) is 5.92 Å². The van der Waals surface area contributed by atoms with Crippen molar-refractivity contribution in [3.63, 3.8) is 0 Å². The fourth-order valence-electron chi connectivity index (χ4n) is 2.28. The fourth-order valence-corrected chi connectivity index (χ4v) is 2.28. The summed E-state index contributed by atoms with van der Waals surface area (Å²) in [5, 5.41) is 12.7. The van der Waals surface area contributed by atoms with E-state index in [4.69, 9.17) is 9.63 Å². The second-order valence-corrected chi connectivity index (χ2v) is 5.02. The monoisotopic (exact) mass is 281 g/mol. The Bertz CT molecular complexity index is 486. The molecular formula is C13H19N3O4. The van der Waals surface area contributed by atoms with Crippen molar-refractivity contribution in [1.29, 1.82) is 0 Å². The Morgan fingerprint density at radius 1 is 1.45 bits per heavy atom. The molecule has 1 aliphatic rings. The van der Waals surface area contributed by atoms with Crippen molar-refractivity contribution in [3.05, 3.63) is 11.7 Å². The first kappa shape index (κ1) is 14.5. The molecule has 0 aromatic carbocycles. The molecule has 1 fully saturated rings. The third-order valence-corrected chi connectivity index (χ3v) is 3.43. The lowest BCUT2D eigenvalue weighted by Gasteiger charge is -2.14. The molecule has 1 aromatic heterocycles. The van der Waals surface area contributed by atoms with Gasteiger partial charge in [-0.2, -0.15) is 4.98 Å². The Hall–Kier alpha value is -1.92. The number of carboxylic acid groups (broad SMARTS) is 1. The number of carbonyl (C=O) groups excluding carboxylic acids is 1. The highest BCUT2D eigenvalue weighted by Gasteiger charge is 2.30. The summed E-state index contributed by atoms with van der Waals surface area (Å²) in [6.07, 6.45) is 2.93. The third kappa shape index (κ3) is 3.55. The predicted octanol–water partition coefficient (Wildman–Crippen LogP) is 0.888. The molecule has 1 saturated heterocycles. The van der Waals surface area contributed by atoms with Crippen LogP contribution in [0.25, 0.3) is 0 Å². The van der Waals surface area contributed by atoms with Crippen LogP contribution in [0.5, 0.6) is 0 Å². The van der Waals surface area contributed by atoms with E-state index in [2.05, 4.69) is 10.1 Å². The van der Waals surface area contributed by atoms with E-state index in [-0.39, 0.29) is 12.3 Å². The number of aliphatic carboxylic acids is 1. The topological polar surface area (TPSA) is 96.5 Å². The van der Waals surface area contributed by atoms with Crippen LogP contribution in [0.3, 0.4) is 0 Å². The lowest BCUT2D eigenvalue weighted by molar-refractivity contribution is -0.141. The number of amides is 1. The Morgan fingerprint density at radius 3 is 2.90 bits per heavy atom. The van der Waals surface area contributed by atoms with Gasteiger partial charge in [-0.15, -0.1) is 0 Å². The van der Waals surface area contributed by atoms with Crippen LogP contribution in [0.4, 0.5) is 0 Å². The van der Waals surface area contributed by atoms with Crippen LogP contribution in [-0.4, -0.2) is 45.1 Å². The summed E-state index contributed by atoms with van der Waals surface area (Å²) in [5.74, 6) is -0.179. The number of hydrogen-bond donors (Lipinski definition) is 1. The van der Waals surface area contributed by atoms with Gasteiger partial charge in [0.25, 0.3) is 0 Å². The Labute approximate surface area is 117 Å². The zero-order valence-corrected chi connectivity index (χ0v) is 11.5. The highest BCUT2D eigenvalue weighted by Crippen LogP contribution is 2.17. The van der Waals surface area contributed by atoms with Crippen molar-refractivity contribution >= 4 is 11.9 Å². The second kappa shape index (κ2) is 6.49. The normalized spacial score (nSPS) is 18.4. The molecule has 7 heteroatoms. The number of carboxylic acids is 1. The van der Waals surface area contributed by atoms with Crippen LogP contribution in [0.2, 0.25) is 0 Å². The van der Waals surface area contributed by atoms with Crippen molar-refractivity contribution in [2.75, 3.05) is 13.1 Å². The molecule has 0 spiro atoms. The zero-order valence-electron chi connectivity index (χ0n) is 11.5. The number of aromatic nitrogens is 2. The Morgan fingerprint density at radius 2 is 2.25 bits per heavy atom. The van der Waals surface area contributed by atoms with Crippen LogP contribution in [0.15, 0.2) is 4.52 Å². The van der Waals surface area contributed by atoms with Gasteiger partial charge in [0.2, 0.25) is 11.8 Å². The summed E-state index contributed by atoms with van der Waals surface area (Å²) >= 11 is 0. The van der Waals surface area contributed by atoms with E-state index >= 15 is 0 Å². The summed E-state index contributed by atoms with van der Waals surface area (Å²) < 4.78 is 5.06. The van der Waals surface area contributed by atoms with Gasteiger partial charge >= 0.3 is 5.97 Å². The van der Waals surface area contributed by atoms with Crippen LogP contribution in [-0.2, 0) is 22.4 Å². The summed E-state index contributed by atoms with van der Waals surface area (Å²) in [6, 6.07) is 0. The maximum atomic E-state index is 12.0. The van der Waals surface area contributed by atoms with E-state index in [1.165, 1.54) is 0 Å². The molecule has 0 aliphatic carbocycles. The average molecular weight is 281 g/mol. The standard InChI is InChI=1S/C13H19N3O4/c1-2-3-10-14-11(20-15-10)4-5-12(17)16-7-6-9(8-16)13(18)19/h9H,2-8H2,1H3,(H,18,19). The minimum absolute atomic E-state index is 0.0519. The van der Waals surface area contributed by atoms with Crippen molar-refractivity contribution in [2.24, 2.45) is 5.92 Å². The summed E-state index contributed by atoms with van der Waals surface area (Å²) in [6.45, 7) is 2.85. The van der Waals surface area contributed by atoms with Gasteiger partial charge in [-0.25, -0.2) is 0 Å². The molecule has 2 rings (SSSR count). The lowest BCUT2D eigenvalue weighted by atomic mass is 10.1. The van der Waals surface area contributed by atoms with Gasteiger partial charge in [-0.3, -0.25) is 9.59 Å². The molecule has 1 N–H and O–H groups in total. The largest absolute Gasteiger partial charge is 0.481 e. The Balaban J connectivity index is 1.79. The summed E-state index contributed by atoms with van der Waals surface area (Å²) in [7, 11) is 0. The number of hydrogen-bond acceptors (Lipinski definition) is 5. The molecule has 2 heterocycles. The van der Waals surface area contributed by atoms with Crippen LogP contribution < -0.4 is 0 Å². The lowest BCUT2D eigenvalue weighted by Crippen LogP contribution is -2.30. The molecule has 110 valence electrons. The maximum Gasteiger partial charge on any atom is 0.308 e. The van der Waals surface area contributed by atoms with Crippen molar-refractivity contribution in [3.8, 4) is 0 Å². The molecule has 1 unspecified atom stereocenters. The van der Waals surface area contributed by atoms with E-state index in [0.717, 1.165) is 12.8 Å². The van der Waals surface area contributed by atoms with Crippen LogP contribution in [0, 0.1) is 5.92 Å². The number of likely N-dealkylation sites (tertiary alicyclic amines) is 1. The van der Waals surface area contributed by atoms with E-state index < -0.39 is 11.9 Å². The Kier molecular flexibility index (Phi) is 4.70. The highest BCUT2D eigenvalue weighted by molar-refractivity contribution is 5.78. The number of carbonyl (C=O) groups is 2. The SMILES string of the molecule is CCCc1noc(CCC(=O)N2CCC(C(=O)O)C2)n1. The van der Waals surface area contributed by atoms with Gasteiger partial charge < -0.3 is 14.5 Å². The molecule has 0 bridgehead atoms. The molecule has 0 saturated carbocycles. The predicted molar refractivity (Wildman–Crippen MR) is 68.9 cm³/mol. The molecular weight excluding hydrogens is 262 g/mol. The van der Waals surface area contributed by atoms with Gasteiger partial charge in [0, 0.05) is 32.4 Å². The van der Waals surface area contributed by atoms with Gasteiger partial charge in [-0.1, -0.05) is 12.1 Å². The number of aryl methyl sites for hydroxylation is 2. The molecule has 1 amide bonds. The number of rotatable bonds is 6. The highest BCUT2D eigenvalue weighted by atomic mass is 16.5. The van der Waals surface area contributed by atoms with Crippen molar-refractivity contribution < 1.29 is 19.2 Å². The number of nitrogens with zero attached hydrogens (tertiary/aromatic N) is 3. The zero-order chi connectivity index (χ0) is 14.5. The summed E-state index contributed by atoms with van der Waals surface area (Å²) in [4.78, 5) is 28.6. The van der Waals surface area contributed by atoms with Crippen LogP contribution >= 0.6 is 0 Å². The smallest absolute Gasteiger partial charge is 0.308 e. The minimum atomic E-state index is -0.832. The van der Waals surface area contributed by atoms with E-state index in [9.17, 15) is 9.59 Å². The average Bonchev–Trinajstić information content (AvgIpc) is 3.05. The van der Waals surface area contributed by atoms with Gasteiger partial charge in [-0.05, 0) is 12.8 Å². The molecule has 1 aromatic rings. The van der Waals surface area contributed by atoms with Crippen molar-refractivity contribution in [1.82, 2.24) is 15.0 Å². The van der Waals surface area contributed by atoms with Gasteiger partial charge in [0.15, 0.2) is 5.82 Å². The molecule has 1 atom stereocenters. The first-order valence-electron chi connectivity index (χ1n) is 6.92. The molecule has 7 nitrogen and oxygen atoms in total. The maximum absolute atomic E-state index is 12.0. The third-order valence-electron chi connectivity index (χ3n) is 3.43. The molecule has 1 aliphatic heterocycles. The first-order chi connectivity index (χ1) is 9.60. The summed E-state index contributed by atoms with van der Waals surface area (Å²) in [5.41, 5.74) is 0. The van der Waals surface area contributed by atoms with E-state index in [1.807, 2.05) is 6.92 Å². The fraction of sp³-hybridized carbons (Fsp3) is 0.692. The molecule has 0 radical (unpaired) electrons. The quantitative estimate of drug-likeness (QED) is 0.831. The van der Waals surface area contributed by atoms with Gasteiger partial charge in [0.1, 0.15) is 0 Å².